The van der Waals surface area contributed by atoms with Gasteiger partial charge in [0.15, 0.2) is 5.82 Å². The van der Waals surface area contributed by atoms with Gasteiger partial charge in [0.1, 0.15) is 5.82 Å². The van der Waals surface area contributed by atoms with Gasteiger partial charge in [-0.2, -0.15) is 4.98 Å². The number of hydrogen-bond acceptors (Lipinski definition) is 5. The highest BCUT2D eigenvalue weighted by molar-refractivity contribution is 6.52. The van der Waals surface area contributed by atoms with Crippen LogP contribution in [0.4, 0.5) is 10.1 Å². The third kappa shape index (κ3) is 1.87. The number of carbonyl (C=O) groups excluding carboxylic acids is 2. The minimum Gasteiger partial charge on any atom is -0.339 e. The second-order valence-corrected chi connectivity index (χ2v) is 4.34. The van der Waals surface area contributed by atoms with Crippen molar-refractivity contribution in [2.24, 2.45) is 0 Å². The molecule has 0 unspecified atom stereocenters. The van der Waals surface area contributed by atoms with Crippen molar-refractivity contribution in [2.75, 3.05) is 4.90 Å². The predicted octanol–water partition coefficient (Wildman–Crippen LogP) is 1.50. The van der Waals surface area contributed by atoms with Gasteiger partial charge in [0.05, 0.1) is 17.8 Å². The Morgan fingerprint density at radius 3 is 2.85 bits per heavy atom. The number of halogens is 1. The third-order valence-electron chi connectivity index (χ3n) is 3.05. The summed E-state index contributed by atoms with van der Waals surface area (Å²) in [4.78, 5) is 29.0. The zero-order valence-electron chi connectivity index (χ0n) is 10.6. The average molecular weight is 275 g/mol. The first-order valence-electron chi connectivity index (χ1n) is 6.07. The molecule has 6 nitrogen and oxygen atoms in total. The Morgan fingerprint density at radius 2 is 2.15 bits per heavy atom. The molecular weight excluding hydrogens is 265 g/mol. The van der Waals surface area contributed by atoms with Gasteiger partial charge in [0.25, 0.3) is 11.7 Å². The summed E-state index contributed by atoms with van der Waals surface area (Å²) in [6.07, 6.45) is 0.585. The third-order valence-corrected chi connectivity index (χ3v) is 3.05. The molecule has 0 spiro atoms. The first-order chi connectivity index (χ1) is 9.60. The van der Waals surface area contributed by atoms with Crippen LogP contribution in [0.5, 0.6) is 0 Å². The Morgan fingerprint density at radius 1 is 1.35 bits per heavy atom. The van der Waals surface area contributed by atoms with Crippen molar-refractivity contribution >= 4 is 17.4 Å². The van der Waals surface area contributed by atoms with Gasteiger partial charge in [-0.25, -0.2) is 4.39 Å². The second-order valence-electron chi connectivity index (χ2n) is 4.34. The van der Waals surface area contributed by atoms with Crippen molar-refractivity contribution in [1.29, 1.82) is 0 Å². The number of benzene rings is 1. The van der Waals surface area contributed by atoms with E-state index in [-0.39, 0.29) is 12.1 Å². The monoisotopic (exact) mass is 275 g/mol. The largest absolute Gasteiger partial charge is 0.339 e. The Kier molecular flexibility index (Phi) is 2.81. The van der Waals surface area contributed by atoms with E-state index >= 15 is 0 Å². The number of ketones is 1. The summed E-state index contributed by atoms with van der Waals surface area (Å²) in [5.41, 5.74) is 0.429. The molecule has 0 saturated heterocycles. The summed E-state index contributed by atoms with van der Waals surface area (Å²) in [5, 5.41) is 3.74. The SMILES string of the molecule is CCc1nc(CN2C(=O)C(=O)c3cc(F)ccc32)no1. The van der Waals surface area contributed by atoms with Crippen molar-refractivity contribution in [1.82, 2.24) is 10.1 Å². The van der Waals surface area contributed by atoms with Crippen molar-refractivity contribution < 1.29 is 18.5 Å². The van der Waals surface area contributed by atoms with Crippen molar-refractivity contribution in [3.05, 3.63) is 41.3 Å². The van der Waals surface area contributed by atoms with Crippen LogP contribution in [0.2, 0.25) is 0 Å². The van der Waals surface area contributed by atoms with Gasteiger partial charge < -0.3 is 4.52 Å². The first kappa shape index (κ1) is 12.5. The van der Waals surface area contributed by atoms with Crippen molar-refractivity contribution in [3.63, 3.8) is 0 Å². The van der Waals surface area contributed by atoms with Crippen LogP contribution >= 0.6 is 0 Å². The van der Waals surface area contributed by atoms with Gasteiger partial charge in [-0.1, -0.05) is 12.1 Å². The van der Waals surface area contributed by atoms with E-state index in [4.69, 9.17) is 4.52 Å². The quantitative estimate of drug-likeness (QED) is 0.793. The normalized spacial score (nSPS) is 14.0. The molecule has 0 saturated carbocycles. The fraction of sp³-hybridized carbons (Fsp3) is 0.231. The molecule has 2 aromatic rings. The average Bonchev–Trinajstić information content (AvgIpc) is 2.99. The lowest BCUT2D eigenvalue weighted by Gasteiger charge is -2.13. The van der Waals surface area contributed by atoms with Gasteiger partial charge in [-0.3, -0.25) is 14.5 Å². The molecule has 0 radical (unpaired) electrons. The summed E-state index contributed by atoms with van der Waals surface area (Å²) in [6.45, 7) is 1.88. The predicted molar refractivity (Wildman–Crippen MR) is 65.6 cm³/mol. The molecule has 1 amide bonds. The highest BCUT2D eigenvalue weighted by Gasteiger charge is 2.36. The van der Waals surface area contributed by atoms with Crippen LogP contribution in [-0.2, 0) is 17.8 Å². The molecular formula is C13H10FN3O3. The van der Waals surface area contributed by atoms with E-state index in [2.05, 4.69) is 10.1 Å². The number of fused-ring (bicyclic) bond motifs is 1. The van der Waals surface area contributed by atoms with Crippen molar-refractivity contribution in [3.8, 4) is 0 Å². The van der Waals surface area contributed by atoms with Gasteiger partial charge in [0.2, 0.25) is 5.89 Å². The fourth-order valence-corrected chi connectivity index (χ4v) is 2.07. The summed E-state index contributed by atoms with van der Waals surface area (Å²) in [6, 6.07) is 3.66. The van der Waals surface area contributed by atoms with Crippen LogP contribution in [0.1, 0.15) is 29.0 Å². The lowest BCUT2D eigenvalue weighted by atomic mass is 10.1. The zero-order valence-corrected chi connectivity index (χ0v) is 10.6. The number of anilines is 1. The molecule has 0 bridgehead atoms. The number of aromatic nitrogens is 2. The number of nitrogens with zero attached hydrogens (tertiary/aromatic N) is 3. The van der Waals surface area contributed by atoms with E-state index in [1.54, 1.807) is 0 Å². The van der Waals surface area contributed by atoms with Crippen LogP contribution in [0, 0.1) is 5.82 Å². The molecule has 1 aromatic heterocycles. The Hall–Kier alpha value is -2.57. The number of rotatable bonds is 3. The van der Waals surface area contributed by atoms with Gasteiger partial charge >= 0.3 is 0 Å². The van der Waals surface area contributed by atoms with E-state index in [0.29, 0.717) is 23.8 Å². The second kappa shape index (κ2) is 4.52. The Balaban J connectivity index is 1.95. The standard InChI is InChI=1S/C13H10FN3O3/c1-2-11-15-10(16-20-11)6-17-9-4-3-7(14)5-8(9)12(18)13(17)19/h3-5H,2,6H2,1H3. The molecule has 7 heteroatoms. The zero-order chi connectivity index (χ0) is 14.3. The minimum atomic E-state index is -0.723. The molecule has 0 N–H and O–H groups in total. The Labute approximate surface area is 113 Å². The Bertz CT molecular complexity index is 711. The maximum Gasteiger partial charge on any atom is 0.299 e. The molecule has 0 fully saturated rings. The lowest BCUT2D eigenvalue weighted by Crippen LogP contribution is -2.29. The topological polar surface area (TPSA) is 76.3 Å². The number of aryl methyl sites for hydroxylation is 1. The minimum absolute atomic E-state index is 0.0205. The highest BCUT2D eigenvalue weighted by atomic mass is 19.1. The van der Waals surface area contributed by atoms with Crippen molar-refractivity contribution in [2.45, 2.75) is 19.9 Å². The first-order valence-corrected chi connectivity index (χ1v) is 6.07. The van der Waals surface area contributed by atoms with E-state index < -0.39 is 17.5 Å². The van der Waals surface area contributed by atoms with Gasteiger partial charge in [-0.15, -0.1) is 0 Å². The summed E-state index contributed by atoms with van der Waals surface area (Å²) >= 11 is 0. The molecule has 2 heterocycles. The molecule has 102 valence electrons. The van der Waals surface area contributed by atoms with Gasteiger partial charge in [-0.05, 0) is 18.2 Å². The summed E-state index contributed by atoms with van der Waals surface area (Å²) < 4.78 is 18.1. The molecule has 1 aliphatic heterocycles. The van der Waals surface area contributed by atoms with Crippen LogP contribution < -0.4 is 4.90 Å². The molecule has 20 heavy (non-hydrogen) atoms. The number of amides is 1. The van der Waals surface area contributed by atoms with E-state index in [1.807, 2.05) is 6.92 Å². The number of hydrogen-bond donors (Lipinski definition) is 0. The number of Topliss-reactive ketones (excluding diaryl/α,β-unsaturated/α-hetero) is 1. The summed E-state index contributed by atoms with van der Waals surface area (Å²) in [5.74, 6) is -1.23. The van der Waals surface area contributed by atoms with Gasteiger partial charge in [0, 0.05) is 6.42 Å². The van der Waals surface area contributed by atoms with E-state index in [0.717, 1.165) is 6.07 Å². The summed E-state index contributed by atoms with van der Waals surface area (Å²) in [7, 11) is 0. The van der Waals surface area contributed by atoms with Crippen LogP contribution in [-0.4, -0.2) is 21.8 Å². The molecule has 1 aromatic carbocycles. The van der Waals surface area contributed by atoms with Crippen LogP contribution in [0.15, 0.2) is 22.7 Å². The van der Waals surface area contributed by atoms with Crippen LogP contribution in [0.25, 0.3) is 0 Å². The molecule has 0 aliphatic carbocycles. The van der Waals surface area contributed by atoms with E-state index in [1.165, 1.54) is 17.0 Å². The maximum atomic E-state index is 13.1. The highest BCUT2D eigenvalue weighted by Crippen LogP contribution is 2.30. The number of carbonyl (C=O) groups is 2. The molecule has 1 aliphatic rings. The smallest absolute Gasteiger partial charge is 0.299 e. The fourth-order valence-electron chi connectivity index (χ4n) is 2.07. The molecule has 0 atom stereocenters. The molecule has 3 rings (SSSR count). The maximum absolute atomic E-state index is 13.1. The lowest BCUT2D eigenvalue weighted by molar-refractivity contribution is -0.114. The van der Waals surface area contributed by atoms with Crippen LogP contribution in [0.3, 0.4) is 0 Å². The van der Waals surface area contributed by atoms with E-state index in [9.17, 15) is 14.0 Å².